The van der Waals surface area contributed by atoms with Crippen LogP contribution in [0.2, 0.25) is 0 Å². The smallest absolute Gasteiger partial charge is 0.0422 e. The second kappa shape index (κ2) is 4.25. The monoisotopic (exact) mass is 230 g/mol. The van der Waals surface area contributed by atoms with Gasteiger partial charge in [0.2, 0.25) is 0 Å². The third kappa shape index (κ3) is 1.90. The zero-order chi connectivity index (χ0) is 11.8. The van der Waals surface area contributed by atoms with Crippen molar-refractivity contribution < 1.29 is 0 Å². The van der Waals surface area contributed by atoms with Gasteiger partial charge in [-0.15, -0.1) is 0 Å². The van der Waals surface area contributed by atoms with Crippen molar-refractivity contribution in [1.82, 2.24) is 0 Å². The first-order chi connectivity index (χ1) is 8.25. The van der Waals surface area contributed by atoms with Crippen molar-refractivity contribution in [2.45, 2.75) is 45.1 Å². The van der Waals surface area contributed by atoms with Gasteiger partial charge >= 0.3 is 0 Å². The van der Waals surface area contributed by atoms with E-state index >= 15 is 0 Å². The third-order valence-corrected chi connectivity index (χ3v) is 4.53. The SMILES string of the molecule is CC1CCC(N2CCc3c(N)cccc32)CC1. The van der Waals surface area contributed by atoms with Crippen LogP contribution in [0.3, 0.4) is 0 Å². The number of rotatable bonds is 1. The number of nitrogen functional groups attached to an aromatic ring is 1. The largest absolute Gasteiger partial charge is 0.398 e. The number of nitrogens with two attached hydrogens (primary N) is 1. The topological polar surface area (TPSA) is 29.3 Å². The molecule has 0 aromatic heterocycles. The molecule has 17 heavy (non-hydrogen) atoms. The molecule has 0 bridgehead atoms. The molecule has 0 saturated heterocycles. The Labute approximate surface area is 104 Å². The normalized spacial score (nSPS) is 28.2. The van der Waals surface area contributed by atoms with Crippen LogP contribution in [0.1, 0.15) is 38.2 Å². The van der Waals surface area contributed by atoms with Crippen LogP contribution in [0.4, 0.5) is 11.4 Å². The molecule has 0 atom stereocenters. The molecule has 2 nitrogen and oxygen atoms in total. The van der Waals surface area contributed by atoms with Gasteiger partial charge < -0.3 is 10.6 Å². The molecule has 1 saturated carbocycles. The predicted molar refractivity (Wildman–Crippen MR) is 73.3 cm³/mol. The van der Waals surface area contributed by atoms with E-state index in [4.69, 9.17) is 5.73 Å². The molecule has 1 aromatic carbocycles. The van der Waals surface area contributed by atoms with E-state index in [1.54, 1.807) is 0 Å². The second-order valence-electron chi connectivity index (χ2n) is 5.70. The standard InChI is InChI=1S/C15H22N2/c1-11-5-7-12(8-6-11)17-10-9-13-14(16)3-2-4-15(13)17/h2-4,11-12H,5-10,16H2,1H3. The molecule has 1 aromatic rings. The molecule has 1 aliphatic heterocycles. The molecule has 3 rings (SSSR count). The van der Waals surface area contributed by atoms with E-state index in [0.29, 0.717) is 0 Å². The zero-order valence-corrected chi connectivity index (χ0v) is 10.7. The Morgan fingerprint density at radius 3 is 2.71 bits per heavy atom. The molecule has 0 spiro atoms. The summed E-state index contributed by atoms with van der Waals surface area (Å²) in [4.78, 5) is 2.61. The molecule has 0 radical (unpaired) electrons. The van der Waals surface area contributed by atoms with Crippen molar-refractivity contribution in [3.63, 3.8) is 0 Å². The summed E-state index contributed by atoms with van der Waals surface area (Å²) in [5, 5.41) is 0. The maximum absolute atomic E-state index is 6.06. The molecule has 0 amide bonds. The first-order valence-electron chi connectivity index (χ1n) is 6.89. The zero-order valence-electron chi connectivity index (χ0n) is 10.7. The van der Waals surface area contributed by atoms with E-state index < -0.39 is 0 Å². The number of anilines is 2. The van der Waals surface area contributed by atoms with Crippen LogP contribution < -0.4 is 10.6 Å². The Morgan fingerprint density at radius 2 is 1.94 bits per heavy atom. The van der Waals surface area contributed by atoms with Gasteiger partial charge in [-0.3, -0.25) is 0 Å². The fraction of sp³-hybridized carbons (Fsp3) is 0.600. The number of fused-ring (bicyclic) bond motifs is 1. The fourth-order valence-corrected chi connectivity index (χ4v) is 3.42. The molecule has 2 N–H and O–H groups in total. The highest BCUT2D eigenvalue weighted by atomic mass is 15.2. The third-order valence-electron chi connectivity index (χ3n) is 4.53. The van der Waals surface area contributed by atoms with Gasteiger partial charge in [-0.1, -0.05) is 13.0 Å². The van der Waals surface area contributed by atoms with Crippen LogP contribution in [0.5, 0.6) is 0 Å². The van der Waals surface area contributed by atoms with Crippen molar-refractivity contribution in [3.8, 4) is 0 Å². The van der Waals surface area contributed by atoms with Gasteiger partial charge in [0, 0.05) is 29.5 Å². The minimum absolute atomic E-state index is 0.759. The van der Waals surface area contributed by atoms with Crippen molar-refractivity contribution in [2.24, 2.45) is 5.92 Å². The van der Waals surface area contributed by atoms with Crippen LogP contribution in [-0.2, 0) is 6.42 Å². The van der Waals surface area contributed by atoms with E-state index in [9.17, 15) is 0 Å². The van der Waals surface area contributed by atoms with Crippen LogP contribution >= 0.6 is 0 Å². The van der Waals surface area contributed by atoms with E-state index in [-0.39, 0.29) is 0 Å². The van der Waals surface area contributed by atoms with E-state index in [2.05, 4.69) is 24.0 Å². The first-order valence-corrected chi connectivity index (χ1v) is 6.89. The van der Waals surface area contributed by atoms with Crippen molar-refractivity contribution in [2.75, 3.05) is 17.2 Å². The summed E-state index contributed by atoms with van der Waals surface area (Å²) in [7, 11) is 0. The molecular formula is C15H22N2. The molecule has 2 aliphatic rings. The highest BCUT2D eigenvalue weighted by Gasteiger charge is 2.29. The Hall–Kier alpha value is -1.18. The lowest BCUT2D eigenvalue weighted by atomic mass is 9.86. The summed E-state index contributed by atoms with van der Waals surface area (Å²) in [6.07, 6.45) is 6.62. The Morgan fingerprint density at radius 1 is 1.18 bits per heavy atom. The van der Waals surface area contributed by atoms with Gasteiger partial charge in [0.05, 0.1) is 0 Å². The quantitative estimate of drug-likeness (QED) is 0.751. The Kier molecular flexibility index (Phi) is 2.73. The van der Waals surface area contributed by atoms with E-state index in [1.165, 1.54) is 43.5 Å². The van der Waals surface area contributed by atoms with Gasteiger partial charge in [-0.2, -0.15) is 0 Å². The summed E-state index contributed by atoms with van der Waals surface area (Å²) in [5.41, 5.74) is 9.83. The number of hydrogen-bond acceptors (Lipinski definition) is 2. The average molecular weight is 230 g/mol. The minimum Gasteiger partial charge on any atom is -0.398 e. The highest BCUT2D eigenvalue weighted by molar-refractivity contribution is 5.68. The van der Waals surface area contributed by atoms with Crippen molar-refractivity contribution in [1.29, 1.82) is 0 Å². The molecule has 1 fully saturated rings. The number of benzene rings is 1. The molecule has 0 unspecified atom stereocenters. The first kappa shape index (κ1) is 10.9. The van der Waals surface area contributed by atoms with Crippen molar-refractivity contribution >= 4 is 11.4 Å². The maximum atomic E-state index is 6.06. The number of hydrogen-bond donors (Lipinski definition) is 1. The molecular weight excluding hydrogens is 208 g/mol. The average Bonchev–Trinajstić information content (AvgIpc) is 2.75. The van der Waals surface area contributed by atoms with Crippen LogP contribution in [-0.4, -0.2) is 12.6 Å². The van der Waals surface area contributed by atoms with Crippen LogP contribution in [0, 0.1) is 5.92 Å². The molecule has 1 aliphatic carbocycles. The Balaban J connectivity index is 1.82. The lowest BCUT2D eigenvalue weighted by Crippen LogP contribution is -2.36. The van der Waals surface area contributed by atoms with Crippen LogP contribution in [0.15, 0.2) is 18.2 Å². The van der Waals surface area contributed by atoms with Gasteiger partial charge in [-0.05, 0) is 50.2 Å². The van der Waals surface area contributed by atoms with Gasteiger partial charge in [0.1, 0.15) is 0 Å². The van der Waals surface area contributed by atoms with E-state index in [1.807, 2.05) is 6.07 Å². The Bertz CT molecular complexity index is 405. The summed E-state index contributed by atoms with van der Waals surface area (Å²) in [6.45, 7) is 3.55. The second-order valence-corrected chi connectivity index (χ2v) is 5.70. The van der Waals surface area contributed by atoms with Gasteiger partial charge in [0.25, 0.3) is 0 Å². The van der Waals surface area contributed by atoms with Crippen molar-refractivity contribution in [3.05, 3.63) is 23.8 Å². The number of nitrogens with zero attached hydrogens (tertiary/aromatic N) is 1. The lowest BCUT2D eigenvalue weighted by molar-refractivity contribution is 0.337. The molecule has 92 valence electrons. The predicted octanol–water partition coefficient (Wildman–Crippen LogP) is 3.21. The van der Waals surface area contributed by atoms with Gasteiger partial charge in [0.15, 0.2) is 0 Å². The highest BCUT2D eigenvalue weighted by Crippen LogP contribution is 2.37. The fourth-order valence-electron chi connectivity index (χ4n) is 3.42. The summed E-state index contributed by atoms with van der Waals surface area (Å²) >= 11 is 0. The summed E-state index contributed by atoms with van der Waals surface area (Å²) in [5.74, 6) is 0.925. The summed E-state index contributed by atoms with van der Waals surface area (Å²) in [6, 6.07) is 7.13. The van der Waals surface area contributed by atoms with Gasteiger partial charge in [-0.25, -0.2) is 0 Å². The molecule has 1 heterocycles. The van der Waals surface area contributed by atoms with Crippen LogP contribution in [0.25, 0.3) is 0 Å². The lowest BCUT2D eigenvalue weighted by Gasteiger charge is -2.35. The van der Waals surface area contributed by atoms with E-state index in [0.717, 1.165) is 24.1 Å². The summed E-state index contributed by atoms with van der Waals surface area (Å²) < 4.78 is 0. The maximum Gasteiger partial charge on any atom is 0.0422 e. The minimum atomic E-state index is 0.759. The molecule has 2 heteroatoms.